The van der Waals surface area contributed by atoms with E-state index in [2.05, 4.69) is 28.2 Å². The van der Waals surface area contributed by atoms with E-state index in [0.29, 0.717) is 36.2 Å². The van der Waals surface area contributed by atoms with Crippen LogP contribution in [0.1, 0.15) is 24.2 Å². The van der Waals surface area contributed by atoms with Gasteiger partial charge in [0.15, 0.2) is 11.5 Å². The lowest BCUT2D eigenvalue weighted by Crippen LogP contribution is -2.38. The Labute approximate surface area is 121 Å². The lowest BCUT2D eigenvalue weighted by Gasteiger charge is -2.23. The van der Waals surface area contributed by atoms with E-state index < -0.39 is 0 Å². The normalized spacial score (nSPS) is 16.6. The second kappa shape index (κ2) is 6.28. The van der Waals surface area contributed by atoms with Crippen LogP contribution in [0.25, 0.3) is 0 Å². The van der Waals surface area contributed by atoms with E-state index in [1.54, 1.807) is 12.1 Å². The molecular weight excluding hydrogens is 310 g/mol. The van der Waals surface area contributed by atoms with Crippen LogP contribution >= 0.6 is 15.9 Å². The van der Waals surface area contributed by atoms with Crippen molar-refractivity contribution in [3.63, 3.8) is 0 Å². The summed E-state index contributed by atoms with van der Waals surface area (Å²) in [5.41, 5.74) is 0.533. The van der Waals surface area contributed by atoms with Gasteiger partial charge in [0.05, 0.1) is 5.56 Å². The van der Waals surface area contributed by atoms with Gasteiger partial charge in [-0.2, -0.15) is 0 Å². The molecular formula is C14H18BrNO3. The van der Waals surface area contributed by atoms with Crippen molar-refractivity contribution in [3.8, 4) is 11.5 Å². The summed E-state index contributed by atoms with van der Waals surface area (Å²) in [6.45, 7) is 5.08. The monoisotopic (exact) mass is 327 g/mol. The maximum atomic E-state index is 12.3. The Balaban J connectivity index is 2.15. The van der Waals surface area contributed by atoms with Gasteiger partial charge in [-0.25, -0.2) is 0 Å². The van der Waals surface area contributed by atoms with Crippen LogP contribution in [-0.2, 0) is 0 Å². The number of para-hydroxylation sites is 1. The van der Waals surface area contributed by atoms with E-state index in [-0.39, 0.29) is 11.9 Å². The molecule has 0 saturated heterocycles. The van der Waals surface area contributed by atoms with Crippen molar-refractivity contribution in [1.82, 2.24) is 5.32 Å². The molecule has 4 nitrogen and oxygen atoms in total. The van der Waals surface area contributed by atoms with Gasteiger partial charge in [0.2, 0.25) is 0 Å². The topological polar surface area (TPSA) is 47.6 Å². The first-order valence-corrected chi connectivity index (χ1v) is 7.51. The summed E-state index contributed by atoms with van der Waals surface area (Å²) in [7, 11) is 0. The molecule has 1 aromatic rings. The fourth-order valence-electron chi connectivity index (χ4n) is 1.81. The van der Waals surface area contributed by atoms with Gasteiger partial charge in [-0.15, -0.1) is 0 Å². The molecule has 0 saturated carbocycles. The zero-order valence-corrected chi connectivity index (χ0v) is 12.7. The Bertz CT molecular complexity index is 464. The Morgan fingerprint density at radius 1 is 1.37 bits per heavy atom. The first kappa shape index (κ1) is 14.2. The smallest absolute Gasteiger partial charge is 0.255 e. The van der Waals surface area contributed by atoms with Gasteiger partial charge >= 0.3 is 0 Å². The minimum atomic E-state index is -0.123. The third-order valence-electron chi connectivity index (χ3n) is 3.27. The number of amides is 1. The number of hydrogen-bond acceptors (Lipinski definition) is 3. The van der Waals surface area contributed by atoms with Crippen LogP contribution in [-0.4, -0.2) is 30.5 Å². The van der Waals surface area contributed by atoms with Crippen molar-refractivity contribution in [2.75, 3.05) is 18.5 Å². The fourth-order valence-corrected chi connectivity index (χ4v) is 2.37. The number of fused-ring (bicyclic) bond motifs is 1. The zero-order valence-electron chi connectivity index (χ0n) is 11.1. The molecule has 2 rings (SSSR count). The average Bonchev–Trinajstić information content (AvgIpc) is 2.45. The van der Waals surface area contributed by atoms with Gasteiger partial charge in [-0.1, -0.05) is 28.9 Å². The van der Waals surface area contributed by atoms with Crippen molar-refractivity contribution in [1.29, 1.82) is 0 Å². The number of alkyl halides is 1. The number of ether oxygens (including phenoxy) is 2. The van der Waals surface area contributed by atoms with E-state index >= 15 is 0 Å². The minimum absolute atomic E-state index is 0.0900. The van der Waals surface area contributed by atoms with Crippen LogP contribution in [0.5, 0.6) is 11.5 Å². The molecule has 104 valence electrons. The van der Waals surface area contributed by atoms with Gasteiger partial charge in [0, 0.05) is 11.4 Å². The van der Waals surface area contributed by atoms with Gasteiger partial charge in [-0.05, 0) is 25.0 Å². The Morgan fingerprint density at radius 2 is 2.11 bits per heavy atom. The summed E-state index contributed by atoms with van der Waals surface area (Å²) in [4.78, 5) is 12.3. The molecule has 0 aromatic heterocycles. The van der Waals surface area contributed by atoms with Gasteiger partial charge in [0.1, 0.15) is 13.2 Å². The molecule has 19 heavy (non-hydrogen) atoms. The molecule has 2 atom stereocenters. The summed E-state index contributed by atoms with van der Waals surface area (Å²) in [5, 5.41) is 3.84. The third-order valence-corrected chi connectivity index (χ3v) is 4.29. The van der Waals surface area contributed by atoms with Crippen LogP contribution < -0.4 is 14.8 Å². The Hall–Kier alpha value is -1.23. The maximum Gasteiger partial charge on any atom is 0.255 e. The SMILES string of the molecule is CC(CBr)C(C)NC(=O)c1cccc2c1OCCO2. The van der Waals surface area contributed by atoms with Crippen LogP contribution in [0.3, 0.4) is 0 Å². The summed E-state index contributed by atoms with van der Waals surface area (Å²) < 4.78 is 11.0. The standard InChI is InChI=1S/C14H18BrNO3/c1-9(8-15)10(2)16-14(17)11-4-3-5-12-13(11)19-7-6-18-12/h3-5,9-10H,6-8H2,1-2H3,(H,16,17). The molecule has 0 spiro atoms. The molecule has 5 heteroatoms. The number of nitrogens with one attached hydrogen (secondary N) is 1. The summed E-state index contributed by atoms with van der Waals surface area (Å²) in [5.74, 6) is 1.42. The summed E-state index contributed by atoms with van der Waals surface area (Å²) in [6, 6.07) is 5.47. The lowest BCUT2D eigenvalue weighted by atomic mass is 10.1. The van der Waals surface area contributed by atoms with Crippen LogP contribution in [0.4, 0.5) is 0 Å². The molecule has 1 aromatic carbocycles. The molecule has 1 amide bonds. The van der Waals surface area contributed by atoms with Crippen molar-refractivity contribution in [2.24, 2.45) is 5.92 Å². The van der Waals surface area contributed by atoms with E-state index in [1.165, 1.54) is 0 Å². The first-order chi connectivity index (χ1) is 9.13. The van der Waals surface area contributed by atoms with E-state index in [1.807, 2.05) is 13.0 Å². The van der Waals surface area contributed by atoms with Crippen molar-refractivity contribution in [3.05, 3.63) is 23.8 Å². The maximum absolute atomic E-state index is 12.3. The molecule has 1 N–H and O–H groups in total. The van der Waals surface area contributed by atoms with Crippen LogP contribution in [0.15, 0.2) is 18.2 Å². The zero-order chi connectivity index (χ0) is 13.8. The average molecular weight is 328 g/mol. The summed E-state index contributed by atoms with van der Waals surface area (Å²) >= 11 is 3.43. The van der Waals surface area contributed by atoms with Gasteiger partial charge in [0.25, 0.3) is 5.91 Å². The highest BCUT2D eigenvalue weighted by Crippen LogP contribution is 2.33. The highest BCUT2D eigenvalue weighted by atomic mass is 79.9. The van der Waals surface area contributed by atoms with Gasteiger partial charge < -0.3 is 14.8 Å². The Morgan fingerprint density at radius 3 is 2.84 bits per heavy atom. The first-order valence-electron chi connectivity index (χ1n) is 6.39. The quantitative estimate of drug-likeness (QED) is 0.865. The molecule has 0 bridgehead atoms. The fraction of sp³-hybridized carbons (Fsp3) is 0.500. The largest absolute Gasteiger partial charge is 0.486 e. The molecule has 2 unspecified atom stereocenters. The van der Waals surface area contributed by atoms with Crippen molar-refractivity contribution < 1.29 is 14.3 Å². The number of carbonyl (C=O) groups excluding carboxylic acids is 1. The number of carbonyl (C=O) groups is 1. The molecule has 1 aliphatic heterocycles. The highest BCUT2D eigenvalue weighted by Gasteiger charge is 2.22. The highest BCUT2D eigenvalue weighted by molar-refractivity contribution is 9.09. The number of halogens is 1. The van der Waals surface area contributed by atoms with E-state index in [4.69, 9.17) is 9.47 Å². The number of rotatable bonds is 4. The van der Waals surface area contributed by atoms with Crippen LogP contribution in [0, 0.1) is 5.92 Å². The molecule has 1 heterocycles. The van der Waals surface area contributed by atoms with Crippen molar-refractivity contribution >= 4 is 21.8 Å². The predicted octanol–water partition coefficient (Wildman–Crippen LogP) is 2.61. The van der Waals surface area contributed by atoms with Gasteiger partial charge in [-0.3, -0.25) is 4.79 Å². The van der Waals surface area contributed by atoms with E-state index in [9.17, 15) is 4.79 Å². The van der Waals surface area contributed by atoms with Crippen molar-refractivity contribution in [2.45, 2.75) is 19.9 Å². The van der Waals surface area contributed by atoms with Crippen LogP contribution in [0.2, 0.25) is 0 Å². The third kappa shape index (κ3) is 3.21. The molecule has 1 aliphatic rings. The van der Waals surface area contributed by atoms with E-state index in [0.717, 1.165) is 5.33 Å². The summed E-state index contributed by atoms with van der Waals surface area (Å²) in [6.07, 6.45) is 0. The Kier molecular flexibility index (Phi) is 4.69. The molecule has 0 fully saturated rings. The number of hydrogen-bond donors (Lipinski definition) is 1. The predicted molar refractivity (Wildman–Crippen MR) is 77.3 cm³/mol. The molecule has 0 aliphatic carbocycles. The second-order valence-corrected chi connectivity index (χ2v) is 5.37. The molecule has 0 radical (unpaired) electrons. The second-order valence-electron chi connectivity index (χ2n) is 4.72. The minimum Gasteiger partial charge on any atom is -0.486 e. The lowest BCUT2D eigenvalue weighted by molar-refractivity contribution is 0.0920. The number of benzene rings is 1.